The maximum atomic E-state index is 13.6. The van der Waals surface area contributed by atoms with Crippen LogP contribution in [0.3, 0.4) is 0 Å². The molecule has 0 aliphatic rings. The minimum Gasteiger partial charge on any atom is -0.496 e. The Bertz CT molecular complexity index is 969. The van der Waals surface area contributed by atoms with Crippen molar-refractivity contribution in [1.82, 2.24) is 9.55 Å². The molecule has 25 heavy (non-hydrogen) atoms. The van der Waals surface area contributed by atoms with Gasteiger partial charge in [0, 0.05) is 17.4 Å². The van der Waals surface area contributed by atoms with Crippen LogP contribution in [0.4, 0.5) is 4.39 Å². The normalized spacial score (nSPS) is 11.2. The number of thioether (sulfide) groups is 1. The van der Waals surface area contributed by atoms with Crippen LogP contribution in [-0.4, -0.2) is 16.7 Å². The first kappa shape index (κ1) is 17.5. The first-order valence-electron chi connectivity index (χ1n) is 7.97. The maximum Gasteiger partial charge on any atom is 0.262 e. The van der Waals surface area contributed by atoms with Crippen molar-refractivity contribution in [2.45, 2.75) is 30.8 Å². The Morgan fingerprint density at radius 3 is 2.72 bits per heavy atom. The molecule has 0 saturated heterocycles. The summed E-state index contributed by atoms with van der Waals surface area (Å²) in [4.78, 5) is 17.4. The number of hydrogen-bond acceptors (Lipinski definition) is 4. The second-order valence-electron chi connectivity index (χ2n) is 5.93. The van der Waals surface area contributed by atoms with Crippen molar-refractivity contribution in [3.63, 3.8) is 0 Å². The number of ether oxygens (including phenoxy) is 1. The fourth-order valence-electron chi connectivity index (χ4n) is 2.68. The summed E-state index contributed by atoms with van der Waals surface area (Å²) < 4.78 is 20.5. The predicted molar refractivity (Wildman–Crippen MR) is 98.9 cm³/mol. The molecule has 0 aliphatic carbocycles. The molecule has 0 amide bonds. The molecule has 1 heterocycles. The average Bonchev–Trinajstić information content (AvgIpc) is 2.59. The number of halogens is 1. The first-order valence-corrected chi connectivity index (χ1v) is 8.96. The van der Waals surface area contributed by atoms with Gasteiger partial charge < -0.3 is 4.74 Å². The Labute approximate surface area is 149 Å². The molecule has 3 aromatic rings. The van der Waals surface area contributed by atoms with Crippen LogP contribution in [0.15, 0.2) is 52.4 Å². The second kappa shape index (κ2) is 7.27. The number of fused-ring (bicyclic) bond motifs is 1. The van der Waals surface area contributed by atoms with Crippen LogP contribution in [0.5, 0.6) is 5.75 Å². The summed E-state index contributed by atoms with van der Waals surface area (Å²) in [7, 11) is 1.56. The fraction of sp³-hybridized carbons (Fsp3) is 0.263. The number of para-hydroxylation sites is 1. The SMILES string of the molecule is COc1ccc(F)cc1CSc1nc2ccccc2c(=O)n1C(C)C. The third kappa shape index (κ3) is 3.54. The maximum absolute atomic E-state index is 13.6. The van der Waals surface area contributed by atoms with Gasteiger partial charge >= 0.3 is 0 Å². The minimum absolute atomic E-state index is 0.0264. The van der Waals surface area contributed by atoms with E-state index in [1.54, 1.807) is 23.8 Å². The Balaban J connectivity index is 2.03. The number of hydrogen-bond donors (Lipinski definition) is 0. The predicted octanol–water partition coefficient (Wildman–Crippen LogP) is 4.42. The summed E-state index contributed by atoms with van der Waals surface area (Å²) >= 11 is 1.40. The number of benzene rings is 2. The van der Waals surface area contributed by atoms with Gasteiger partial charge in [0.1, 0.15) is 11.6 Å². The van der Waals surface area contributed by atoms with E-state index in [1.807, 2.05) is 32.0 Å². The Morgan fingerprint density at radius 2 is 2.00 bits per heavy atom. The molecule has 0 atom stereocenters. The Hall–Kier alpha value is -2.34. The molecule has 2 aromatic carbocycles. The largest absolute Gasteiger partial charge is 0.496 e. The number of nitrogens with zero attached hydrogens (tertiary/aromatic N) is 2. The summed E-state index contributed by atoms with van der Waals surface area (Å²) in [6.07, 6.45) is 0. The van der Waals surface area contributed by atoms with Gasteiger partial charge in [0.15, 0.2) is 5.16 Å². The van der Waals surface area contributed by atoms with Crippen LogP contribution in [0.1, 0.15) is 25.5 Å². The summed E-state index contributed by atoms with van der Waals surface area (Å²) in [6, 6.07) is 11.7. The van der Waals surface area contributed by atoms with Gasteiger partial charge in [-0.1, -0.05) is 23.9 Å². The highest BCUT2D eigenvalue weighted by Crippen LogP contribution is 2.29. The van der Waals surface area contributed by atoms with E-state index < -0.39 is 0 Å². The molecule has 6 heteroatoms. The van der Waals surface area contributed by atoms with Crippen LogP contribution in [0.25, 0.3) is 10.9 Å². The van der Waals surface area contributed by atoms with E-state index in [9.17, 15) is 9.18 Å². The zero-order valence-corrected chi connectivity index (χ0v) is 15.1. The van der Waals surface area contributed by atoms with Gasteiger partial charge in [-0.05, 0) is 44.2 Å². The highest BCUT2D eigenvalue weighted by molar-refractivity contribution is 7.98. The quantitative estimate of drug-likeness (QED) is 0.500. The van der Waals surface area contributed by atoms with Crippen LogP contribution >= 0.6 is 11.8 Å². The second-order valence-corrected chi connectivity index (χ2v) is 6.87. The molecular formula is C19H19FN2O2S. The van der Waals surface area contributed by atoms with E-state index in [0.717, 1.165) is 5.56 Å². The Morgan fingerprint density at radius 1 is 1.24 bits per heavy atom. The summed E-state index contributed by atoms with van der Waals surface area (Å²) in [5.41, 5.74) is 1.33. The van der Waals surface area contributed by atoms with E-state index in [4.69, 9.17) is 4.74 Å². The van der Waals surface area contributed by atoms with Gasteiger partial charge in [-0.3, -0.25) is 9.36 Å². The summed E-state index contributed by atoms with van der Waals surface area (Å²) in [5, 5.41) is 1.22. The molecule has 0 unspecified atom stereocenters. The van der Waals surface area contributed by atoms with Crippen molar-refractivity contribution in [3.05, 3.63) is 64.2 Å². The lowest BCUT2D eigenvalue weighted by Crippen LogP contribution is -2.25. The first-order chi connectivity index (χ1) is 12.0. The van der Waals surface area contributed by atoms with Gasteiger partial charge in [0.25, 0.3) is 5.56 Å². The minimum atomic E-state index is -0.316. The van der Waals surface area contributed by atoms with Crippen molar-refractivity contribution in [1.29, 1.82) is 0 Å². The van der Waals surface area contributed by atoms with Gasteiger partial charge in [-0.2, -0.15) is 0 Å². The molecule has 0 saturated carbocycles. The highest BCUT2D eigenvalue weighted by atomic mass is 32.2. The number of methoxy groups -OCH3 is 1. The van der Waals surface area contributed by atoms with Crippen LogP contribution in [0.2, 0.25) is 0 Å². The summed E-state index contributed by atoms with van der Waals surface area (Å²) in [5.74, 6) is 0.760. The number of aromatic nitrogens is 2. The molecule has 3 rings (SSSR count). The molecule has 130 valence electrons. The molecule has 0 aliphatic heterocycles. The zero-order valence-electron chi connectivity index (χ0n) is 14.3. The topological polar surface area (TPSA) is 44.1 Å². The molecular weight excluding hydrogens is 339 g/mol. The third-order valence-corrected chi connectivity index (χ3v) is 4.89. The molecule has 0 fully saturated rings. The molecule has 0 bridgehead atoms. The van der Waals surface area contributed by atoms with Gasteiger partial charge in [-0.25, -0.2) is 9.37 Å². The highest BCUT2D eigenvalue weighted by Gasteiger charge is 2.15. The molecule has 4 nitrogen and oxygen atoms in total. The lowest BCUT2D eigenvalue weighted by atomic mass is 10.2. The average molecular weight is 358 g/mol. The lowest BCUT2D eigenvalue weighted by molar-refractivity contribution is 0.410. The van der Waals surface area contributed by atoms with E-state index in [0.29, 0.717) is 27.6 Å². The van der Waals surface area contributed by atoms with Gasteiger partial charge in [0.05, 0.1) is 18.0 Å². The number of rotatable bonds is 5. The van der Waals surface area contributed by atoms with Crippen molar-refractivity contribution in [2.24, 2.45) is 0 Å². The van der Waals surface area contributed by atoms with Crippen molar-refractivity contribution >= 4 is 22.7 Å². The standard InChI is InChI=1S/C19H19FN2O2S/c1-12(2)22-18(23)15-6-4-5-7-16(15)21-19(22)25-11-13-10-14(20)8-9-17(13)24-3/h4-10,12H,11H2,1-3H3. The van der Waals surface area contributed by atoms with Gasteiger partial charge in [-0.15, -0.1) is 0 Å². The van der Waals surface area contributed by atoms with E-state index in [1.165, 1.54) is 23.9 Å². The summed E-state index contributed by atoms with van der Waals surface area (Å²) in [6.45, 7) is 3.90. The molecule has 0 radical (unpaired) electrons. The molecule has 0 N–H and O–H groups in total. The third-order valence-electron chi connectivity index (χ3n) is 3.89. The zero-order chi connectivity index (χ0) is 18.0. The van der Waals surface area contributed by atoms with Crippen LogP contribution in [-0.2, 0) is 5.75 Å². The van der Waals surface area contributed by atoms with Crippen molar-refractivity contribution in [3.8, 4) is 5.75 Å². The van der Waals surface area contributed by atoms with Crippen LogP contribution in [0, 0.1) is 5.82 Å². The van der Waals surface area contributed by atoms with E-state index in [-0.39, 0.29) is 17.4 Å². The van der Waals surface area contributed by atoms with Crippen molar-refractivity contribution in [2.75, 3.05) is 7.11 Å². The molecule has 0 spiro atoms. The Kier molecular flexibility index (Phi) is 5.08. The lowest BCUT2D eigenvalue weighted by Gasteiger charge is -2.16. The fourth-order valence-corrected chi connectivity index (χ4v) is 3.79. The molecule has 1 aromatic heterocycles. The monoisotopic (exact) mass is 358 g/mol. The van der Waals surface area contributed by atoms with E-state index >= 15 is 0 Å². The van der Waals surface area contributed by atoms with Gasteiger partial charge in [0.2, 0.25) is 0 Å². The smallest absolute Gasteiger partial charge is 0.262 e. The van der Waals surface area contributed by atoms with Crippen LogP contribution < -0.4 is 10.3 Å². The van der Waals surface area contributed by atoms with E-state index in [2.05, 4.69) is 4.98 Å². The van der Waals surface area contributed by atoms with Crippen molar-refractivity contribution < 1.29 is 9.13 Å².